The standard InChI is InChI=1S/C20H20Cl2F3N3O5S.C15H11Cl2F3N2O5S.2CH4/c1-12-10-33-6-5-27(12)19(29)18-17(7-13(21)9-26-18)28(11-32-2)34(30,31)14-3-4-16(22)15(8-14)20(23,24)25;1-27-7-22(12-4-8(16)6-21-13(12)14(23)24)28(25,26)9-2-3-11(17)10(5-9)15(18,19)20;;/h3-4,7-9,12H,5-6,10-11H2,1-2H3;2-6H,7H2,1H3,(H,23,24);2*1H4. The summed E-state index contributed by atoms with van der Waals surface area (Å²) in [5, 5.41) is 7.82. The van der Waals surface area contributed by atoms with Crippen molar-refractivity contribution in [1.82, 2.24) is 14.9 Å². The molecule has 0 saturated carbocycles. The summed E-state index contributed by atoms with van der Waals surface area (Å²) >= 11 is 23.0. The largest absolute Gasteiger partial charge is 0.476 e. The van der Waals surface area contributed by atoms with Crippen LogP contribution >= 0.6 is 46.4 Å². The molecule has 0 aliphatic carbocycles. The molecule has 4 aromatic rings. The van der Waals surface area contributed by atoms with E-state index in [0.717, 1.165) is 43.6 Å². The van der Waals surface area contributed by atoms with Crippen LogP contribution in [0.5, 0.6) is 0 Å². The number of methoxy groups -OCH3 is 2. The van der Waals surface area contributed by atoms with Crippen molar-refractivity contribution in [2.75, 3.05) is 56.1 Å². The number of aromatic carboxylic acids is 1. The zero-order chi connectivity index (χ0) is 46.5. The highest BCUT2D eigenvalue weighted by molar-refractivity contribution is 7.93. The van der Waals surface area contributed by atoms with Gasteiger partial charge in [-0.25, -0.2) is 40.2 Å². The van der Waals surface area contributed by atoms with Gasteiger partial charge in [-0.15, -0.1) is 0 Å². The average Bonchev–Trinajstić information content (AvgIpc) is 3.18. The van der Waals surface area contributed by atoms with Crippen LogP contribution in [0.15, 0.2) is 70.7 Å². The van der Waals surface area contributed by atoms with Crippen LogP contribution < -0.4 is 8.61 Å². The minimum atomic E-state index is -4.90. The molecule has 0 spiro atoms. The van der Waals surface area contributed by atoms with Gasteiger partial charge in [0.2, 0.25) is 0 Å². The molecule has 1 amide bonds. The first-order valence-electron chi connectivity index (χ1n) is 17.0. The van der Waals surface area contributed by atoms with E-state index in [1.807, 2.05) is 0 Å². The smallest absolute Gasteiger partial charge is 0.417 e. The number of pyridine rings is 2. The van der Waals surface area contributed by atoms with Gasteiger partial charge in [-0.2, -0.15) is 26.3 Å². The molecular formula is C37H39Cl4F6N5O10S2. The molecule has 354 valence electrons. The maximum absolute atomic E-state index is 13.5. The molecule has 2 aromatic heterocycles. The minimum absolute atomic E-state index is 0. The number of nitrogens with zero attached hydrogens (tertiary/aromatic N) is 5. The number of alkyl halides is 6. The summed E-state index contributed by atoms with van der Waals surface area (Å²) in [5.41, 5.74) is -4.36. The number of sulfonamides is 2. The van der Waals surface area contributed by atoms with Crippen molar-refractivity contribution in [3.05, 3.63) is 104 Å². The van der Waals surface area contributed by atoms with E-state index in [1.54, 1.807) is 6.92 Å². The molecule has 1 atom stereocenters. The van der Waals surface area contributed by atoms with Gasteiger partial charge < -0.3 is 24.2 Å². The van der Waals surface area contributed by atoms with Crippen molar-refractivity contribution in [3.8, 4) is 0 Å². The van der Waals surface area contributed by atoms with Gasteiger partial charge in [0.25, 0.3) is 26.0 Å². The number of benzene rings is 2. The third-order valence-corrected chi connectivity index (χ3v) is 12.9. The van der Waals surface area contributed by atoms with Gasteiger partial charge in [0, 0.05) is 33.2 Å². The molecule has 0 bridgehead atoms. The number of rotatable bonds is 12. The van der Waals surface area contributed by atoms with E-state index in [0.29, 0.717) is 20.7 Å². The Hall–Kier alpha value is -4.20. The maximum atomic E-state index is 13.5. The van der Waals surface area contributed by atoms with E-state index in [4.69, 9.17) is 60.6 Å². The second-order valence-corrected chi connectivity index (χ2v) is 18.0. The maximum Gasteiger partial charge on any atom is 0.417 e. The minimum Gasteiger partial charge on any atom is -0.476 e. The van der Waals surface area contributed by atoms with E-state index in [9.17, 15) is 57.9 Å². The summed E-state index contributed by atoms with van der Waals surface area (Å²) in [6.07, 6.45) is -7.64. The molecule has 15 nitrogen and oxygen atoms in total. The Morgan fingerprint density at radius 1 is 0.766 bits per heavy atom. The highest BCUT2D eigenvalue weighted by Crippen LogP contribution is 2.39. The molecule has 2 aromatic carbocycles. The molecule has 1 N–H and O–H groups in total. The molecule has 1 saturated heterocycles. The number of carboxylic acid groups (broad SMARTS) is 1. The van der Waals surface area contributed by atoms with Gasteiger partial charge in [0.05, 0.1) is 71.6 Å². The lowest BCUT2D eigenvalue weighted by Gasteiger charge is -2.34. The van der Waals surface area contributed by atoms with Gasteiger partial charge in [-0.1, -0.05) is 61.3 Å². The van der Waals surface area contributed by atoms with E-state index in [2.05, 4.69) is 9.97 Å². The Morgan fingerprint density at radius 3 is 1.55 bits per heavy atom. The zero-order valence-electron chi connectivity index (χ0n) is 31.8. The number of ether oxygens (including phenoxy) is 3. The normalized spacial score (nSPS) is 14.3. The Morgan fingerprint density at radius 2 is 1.17 bits per heavy atom. The third kappa shape index (κ3) is 12.8. The van der Waals surface area contributed by atoms with Gasteiger partial charge >= 0.3 is 18.3 Å². The summed E-state index contributed by atoms with van der Waals surface area (Å²) in [7, 11) is -7.07. The summed E-state index contributed by atoms with van der Waals surface area (Å²) in [6, 6.07) is 6.02. The first-order valence-corrected chi connectivity index (χ1v) is 21.4. The average molecular weight is 1030 g/mol. The number of anilines is 2. The predicted octanol–water partition coefficient (Wildman–Crippen LogP) is 9.24. The third-order valence-electron chi connectivity index (χ3n) is 8.39. The highest BCUT2D eigenvalue weighted by Gasteiger charge is 2.39. The molecule has 5 rings (SSSR count). The van der Waals surface area contributed by atoms with Crippen molar-refractivity contribution in [2.24, 2.45) is 0 Å². The lowest BCUT2D eigenvalue weighted by molar-refractivity contribution is -0.138. The van der Waals surface area contributed by atoms with Crippen molar-refractivity contribution < 1.29 is 72.1 Å². The molecular weight excluding hydrogens is 994 g/mol. The van der Waals surface area contributed by atoms with Gasteiger partial charge in [-0.3, -0.25) is 4.79 Å². The first-order chi connectivity index (χ1) is 28.8. The fourth-order valence-electron chi connectivity index (χ4n) is 5.52. The Bertz CT molecular complexity index is 2540. The summed E-state index contributed by atoms with van der Waals surface area (Å²) in [4.78, 5) is 32.3. The molecule has 64 heavy (non-hydrogen) atoms. The van der Waals surface area contributed by atoms with Gasteiger partial charge in [0.1, 0.15) is 13.5 Å². The number of hydrogen-bond donors (Lipinski definition) is 1. The summed E-state index contributed by atoms with van der Waals surface area (Å²) < 4.78 is 148. The lowest BCUT2D eigenvalue weighted by Crippen LogP contribution is -2.48. The predicted molar refractivity (Wildman–Crippen MR) is 226 cm³/mol. The molecule has 1 aliphatic heterocycles. The quantitative estimate of drug-likeness (QED) is 0.105. The highest BCUT2D eigenvalue weighted by atomic mass is 35.5. The molecule has 1 aliphatic rings. The first kappa shape index (κ1) is 55.9. The fraction of sp³-hybridized carbons (Fsp3) is 0.351. The monoisotopic (exact) mass is 1030 g/mol. The van der Waals surface area contributed by atoms with Crippen molar-refractivity contribution >= 4 is 89.7 Å². The van der Waals surface area contributed by atoms with E-state index < -0.39 is 100 Å². The van der Waals surface area contributed by atoms with Crippen LogP contribution in [-0.2, 0) is 46.6 Å². The van der Waals surface area contributed by atoms with Gasteiger partial charge in [0.15, 0.2) is 11.4 Å². The SMILES string of the molecule is C.C.COCN(c1cc(Cl)cnc1C(=O)N1CCOCC1C)S(=O)(=O)c1ccc(Cl)c(C(F)(F)F)c1.COCN(c1cc(Cl)cnc1C(=O)O)S(=O)(=O)c1ccc(Cl)c(C(F)(F)F)c1. The Labute approximate surface area is 384 Å². The molecule has 1 fully saturated rings. The van der Waals surface area contributed by atoms with Crippen LogP contribution in [0.3, 0.4) is 0 Å². The van der Waals surface area contributed by atoms with Crippen LogP contribution in [0.25, 0.3) is 0 Å². The van der Waals surface area contributed by atoms with Crippen LogP contribution in [0.1, 0.15) is 53.9 Å². The van der Waals surface area contributed by atoms with Crippen molar-refractivity contribution in [3.63, 3.8) is 0 Å². The van der Waals surface area contributed by atoms with Crippen LogP contribution in [0.4, 0.5) is 37.7 Å². The second-order valence-electron chi connectivity index (χ2n) is 12.6. The number of halogens is 10. The van der Waals surface area contributed by atoms with Gasteiger partial charge in [-0.05, 0) is 55.5 Å². The number of morpholine rings is 1. The van der Waals surface area contributed by atoms with Crippen molar-refractivity contribution in [2.45, 2.75) is 50.0 Å². The number of hydrogen-bond acceptors (Lipinski definition) is 11. The number of carboxylic acids is 1. The number of carbonyl (C=O) groups is 2. The number of aromatic nitrogens is 2. The molecule has 27 heteroatoms. The van der Waals surface area contributed by atoms with Crippen LogP contribution in [0, 0.1) is 0 Å². The number of amides is 1. The molecule has 3 heterocycles. The fourth-order valence-corrected chi connectivity index (χ4v) is 9.08. The van der Waals surface area contributed by atoms with E-state index in [-0.39, 0.29) is 62.1 Å². The molecule has 1 unspecified atom stereocenters. The van der Waals surface area contributed by atoms with Crippen molar-refractivity contribution in [1.29, 1.82) is 0 Å². The summed E-state index contributed by atoms with van der Waals surface area (Å²) in [5.74, 6) is -2.17. The topological polar surface area (TPSA) is 186 Å². The summed E-state index contributed by atoms with van der Waals surface area (Å²) in [6.45, 7) is 1.21. The Kier molecular flexibility index (Phi) is 19.5. The van der Waals surface area contributed by atoms with Crippen LogP contribution in [0.2, 0.25) is 20.1 Å². The molecule has 0 radical (unpaired) electrons. The lowest BCUT2D eigenvalue weighted by atomic mass is 10.2. The second kappa shape index (κ2) is 22.3. The van der Waals surface area contributed by atoms with E-state index in [1.165, 1.54) is 24.3 Å². The van der Waals surface area contributed by atoms with E-state index >= 15 is 0 Å². The van der Waals surface area contributed by atoms with Crippen LogP contribution in [-0.4, -0.2) is 102 Å². The Balaban J connectivity index is 0.000000435. The number of carbonyl (C=O) groups excluding carboxylic acids is 1. The zero-order valence-corrected chi connectivity index (χ0v) is 36.5.